The number of pyridine rings is 1. The Morgan fingerprint density at radius 2 is 2.33 bits per heavy atom. The van der Waals surface area contributed by atoms with Crippen molar-refractivity contribution in [3.63, 3.8) is 0 Å². The fourth-order valence-electron chi connectivity index (χ4n) is 1.75. The zero-order valence-electron chi connectivity index (χ0n) is 8.47. The van der Waals surface area contributed by atoms with Gasteiger partial charge in [0.05, 0.1) is 24.1 Å². The van der Waals surface area contributed by atoms with Gasteiger partial charge in [0.15, 0.2) is 0 Å². The van der Waals surface area contributed by atoms with Gasteiger partial charge < -0.3 is 14.9 Å². The van der Waals surface area contributed by atoms with Crippen LogP contribution in [0.1, 0.15) is 30.3 Å². The molecule has 0 saturated carbocycles. The third-order valence-electron chi connectivity index (χ3n) is 2.58. The van der Waals surface area contributed by atoms with Crippen molar-refractivity contribution < 1.29 is 14.9 Å². The summed E-state index contributed by atoms with van der Waals surface area (Å²) in [5.41, 5.74) is 1.43. The molecule has 15 heavy (non-hydrogen) atoms. The highest BCUT2D eigenvalue weighted by atomic mass is 16.5. The molecule has 2 N–H and O–H groups in total. The zero-order chi connectivity index (χ0) is 10.7. The Balaban J connectivity index is 2.13. The predicted octanol–water partition coefficient (Wildman–Crippen LogP) is 0.786. The van der Waals surface area contributed by atoms with Crippen molar-refractivity contribution in [2.75, 3.05) is 6.61 Å². The van der Waals surface area contributed by atoms with Gasteiger partial charge in [0.2, 0.25) is 0 Å². The number of rotatable bonds is 2. The molecule has 0 spiro atoms. The van der Waals surface area contributed by atoms with Crippen LogP contribution >= 0.6 is 0 Å². The highest BCUT2D eigenvalue weighted by Gasteiger charge is 2.23. The van der Waals surface area contributed by atoms with Crippen molar-refractivity contribution >= 4 is 0 Å². The second-order valence-electron chi connectivity index (χ2n) is 3.75. The molecule has 4 nitrogen and oxygen atoms in total. The van der Waals surface area contributed by atoms with E-state index in [0.29, 0.717) is 25.1 Å². The van der Waals surface area contributed by atoms with Gasteiger partial charge in [0.1, 0.15) is 6.10 Å². The maximum absolute atomic E-state index is 9.51. The molecule has 1 saturated heterocycles. The largest absolute Gasteiger partial charge is 0.393 e. The van der Waals surface area contributed by atoms with Gasteiger partial charge in [-0.1, -0.05) is 6.07 Å². The number of aliphatic hydroxyl groups excluding tert-OH is 2. The molecule has 2 rings (SSSR count). The van der Waals surface area contributed by atoms with Crippen LogP contribution in [0.4, 0.5) is 0 Å². The maximum Gasteiger partial charge on any atom is 0.102 e. The van der Waals surface area contributed by atoms with Gasteiger partial charge in [-0.15, -0.1) is 0 Å². The van der Waals surface area contributed by atoms with Crippen LogP contribution in [0.15, 0.2) is 18.2 Å². The van der Waals surface area contributed by atoms with E-state index in [-0.39, 0.29) is 18.8 Å². The molecule has 2 atom stereocenters. The third-order valence-corrected chi connectivity index (χ3v) is 2.58. The van der Waals surface area contributed by atoms with Crippen molar-refractivity contribution in [1.82, 2.24) is 4.98 Å². The van der Waals surface area contributed by atoms with Gasteiger partial charge in [-0.25, -0.2) is 0 Å². The Labute approximate surface area is 88.5 Å². The second kappa shape index (κ2) is 4.70. The predicted molar refractivity (Wildman–Crippen MR) is 54.1 cm³/mol. The number of aliphatic hydroxyl groups is 2. The lowest BCUT2D eigenvalue weighted by Gasteiger charge is -2.26. The van der Waals surface area contributed by atoms with Gasteiger partial charge in [-0.2, -0.15) is 0 Å². The van der Waals surface area contributed by atoms with E-state index in [2.05, 4.69) is 4.98 Å². The van der Waals surface area contributed by atoms with Crippen molar-refractivity contribution in [2.45, 2.75) is 31.7 Å². The third kappa shape index (κ3) is 2.53. The molecular formula is C11H15NO3. The lowest BCUT2D eigenvalue weighted by atomic mass is 10.0. The van der Waals surface area contributed by atoms with Gasteiger partial charge in [-0.3, -0.25) is 4.98 Å². The summed E-state index contributed by atoms with van der Waals surface area (Å²) in [4.78, 5) is 4.26. The normalized spacial score (nSPS) is 26.5. The van der Waals surface area contributed by atoms with Crippen LogP contribution < -0.4 is 0 Å². The zero-order valence-corrected chi connectivity index (χ0v) is 8.47. The molecule has 4 heteroatoms. The molecule has 1 aromatic heterocycles. The van der Waals surface area contributed by atoms with E-state index in [4.69, 9.17) is 9.84 Å². The summed E-state index contributed by atoms with van der Waals surface area (Å²) >= 11 is 0. The standard InChI is InChI=1S/C11H15NO3/c13-7-8-2-1-3-10(12-8)11-6-9(14)4-5-15-11/h1-3,9,11,13-14H,4-7H2. The first kappa shape index (κ1) is 10.5. The van der Waals surface area contributed by atoms with E-state index in [1.807, 2.05) is 12.1 Å². The molecule has 82 valence electrons. The van der Waals surface area contributed by atoms with Crippen molar-refractivity contribution in [1.29, 1.82) is 0 Å². The lowest BCUT2D eigenvalue weighted by molar-refractivity contribution is -0.0467. The van der Waals surface area contributed by atoms with E-state index >= 15 is 0 Å². The summed E-state index contributed by atoms with van der Waals surface area (Å²) in [6.07, 6.45) is 0.835. The van der Waals surface area contributed by atoms with Gasteiger partial charge in [0, 0.05) is 13.0 Å². The summed E-state index contributed by atoms with van der Waals surface area (Å²) < 4.78 is 5.53. The summed E-state index contributed by atoms with van der Waals surface area (Å²) in [7, 11) is 0. The molecule has 0 aromatic carbocycles. The minimum atomic E-state index is -0.302. The van der Waals surface area contributed by atoms with Crippen molar-refractivity contribution in [3.05, 3.63) is 29.6 Å². The molecule has 1 aliphatic heterocycles. The van der Waals surface area contributed by atoms with E-state index in [1.165, 1.54) is 0 Å². The van der Waals surface area contributed by atoms with Crippen LogP contribution in [0.25, 0.3) is 0 Å². The highest BCUT2D eigenvalue weighted by molar-refractivity contribution is 5.13. The number of nitrogens with zero attached hydrogens (tertiary/aromatic N) is 1. The summed E-state index contributed by atoms with van der Waals surface area (Å²) in [6.45, 7) is 0.500. The SMILES string of the molecule is OCc1cccc(C2CC(O)CCO2)n1. The van der Waals surface area contributed by atoms with E-state index in [9.17, 15) is 5.11 Å². The number of hydrogen-bond acceptors (Lipinski definition) is 4. The first-order valence-electron chi connectivity index (χ1n) is 5.16. The molecule has 0 amide bonds. The maximum atomic E-state index is 9.51. The smallest absolute Gasteiger partial charge is 0.102 e. The first-order valence-corrected chi connectivity index (χ1v) is 5.16. The molecular weight excluding hydrogens is 194 g/mol. The Bertz CT molecular complexity index is 329. The highest BCUT2D eigenvalue weighted by Crippen LogP contribution is 2.26. The molecule has 0 bridgehead atoms. The summed E-state index contributed by atoms with van der Waals surface area (Å²) in [5.74, 6) is 0. The Hall–Kier alpha value is -0.970. The van der Waals surface area contributed by atoms with Crippen LogP contribution in [0.3, 0.4) is 0 Å². The van der Waals surface area contributed by atoms with Crippen LogP contribution in [0.5, 0.6) is 0 Å². The molecule has 1 aromatic rings. The summed E-state index contributed by atoms with van der Waals surface area (Å²) in [5, 5.41) is 18.5. The second-order valence-corrected chi connectivity index (χ2v) is 3.75. The number of aromatic nitrogens is 1. The fourth-order valence-corrected chi connectivity index (χ4v) is 1.75. The number of ether oxygens (including phenoxy) is 1. The average Bonchev–Trinajstić information content (AvgIpc) is 2.29. The Morgan fingerprint density at radius 1 is 1.47 bits per heavy atom. The van der Waals surface area contributed by atoms with Crippen LogP contribution in [0.2, 0.25) is 0 Å². The first-order chi connectivity index (χ1) is 7.29. The number of hydrogen-bond donors (Lipinski definition) is 2. The van der Waals surface area contributed by atoms with Crippen LogP contribution in [-0.2, 0) is 11.3 Å². The Kier molecular flexibility index (Phi) is 3.30. The van der Waals surface area contributed by atoms with Gasteiger partial charge in [0.25, 0.3) is 0 Å². The average molecular weight is 209 g/mol. The van der Waals surface area contributed by atoms with Gasteiger partial charge >= 0.3 is 0 Å². The summed E-state index contributed by atoms with van der Waals surface area (Å²) in [6, 6.07) is 5.48. The monoisotopic (exact) mass is 209 g/mol. The van der Waals surface area contributed by atoms with Crippen molar-refractivity contribution in [3.8, 4) is 0 Å². The van der Waals surface area contributed by atoms with Gasteiger partial charge in [-0.05, 0) is 18.6 Å². The lowest BCUT2D eigenvalue weighted by Crippen LogP contribution is -2.24. The van der Waals surface area contributed by atoms with E-state index in [1.54, 1.807) is 6.07 Å². The molecule has 0 aliphatic carbocycles. The molecule has 1 aliphatic rings. The molecule has 2 unspecified atom stereocenters. The fraction of sp³-hybridized carbons (Fsp3) is 0.545. The molecule has 2 heterocycles. The minimum Gasteiger partial charge on any atom is -0.393 e. The molecule has 0 radical (unpaired) electrons. The van der Waals surface area contributed by atoms with Crippen molar-refractivity contribution in [2.24, 2.45) is 0 Å². The Morgan fingerprint density at radius 3 is 3.07 bits per heavy atom. The topological polar surface area (TPSA) is 62.6 Å². The quantitative estimate of drug-likeness (QED) is 0.755. The van der Waals surface area contributed by atoms with E-state index in [0.717, 1.165) is 5.69 Å². The van der Waals surface area contributed by atoms with E-state index < -0.39 is 0 Å². The molecule has 1 fully saturated rings. The minimum absolute atomic E-state index is 0.0664. The van der Waals surface area contributed by atoms with Crippen LogP contribution in [-0.4, -0.2) is 27.9 Å². The van der Waals surface area contributed by atoms with Crippen LogP contribution in [0, 0.1) is 0 Å².